The van der Waals surface area contributed by atoms with Crippen molar-refractivity contribution in [3.05, 3.63) is 12.4 Å². The number of nitrogens with zero attached hydrogens (tertiary/aromatic N) is 2. The van der Waals surface area contributed by atoms with Crippen molar-refractivity contribution in [3.8, 4) is 0 Å². The highest BCUT2D eigenvalue weighted by Crippen LogP contribution is 2.13. The van der Waals surface area contributed by atoms with E-state index in [1.165, 1.54) is 12.4 Å². The van der Waals surface area contributed by atoms with Gasteiger partial charge in [0.15, 0.2) is 0 Å². The summed E-state index contributed by atoms with van der Waals surface area (Å²) in [5, 5.41) is 18.7. The standard InChI is InChI=1S/C12H20F2N4O2/c1-3-12(20,4-2)8-15-11(19)17-9-5-16-18(6-9)7-10(13)14/h5-6,10,20H,3-4,7-8H2,1-2H3,(H2,15,17,19). The van der Waals surface area contributed by atoms with Crippen LogP contribution < -0.4 is 10.6 Å². The summed E-state index contributed by atoms with van der Waals surface area (Å²) in [6, 6.07) is -0.512. The number of nitrogens with one attached hydrogen (secondary N) is 2. The minimum absolute atomic E-state index is 0.122. The van der Waals surface area contributed by atoms with Gasteiger partial charge in [-0.15, -0.1) is 0 Å². The molecular formula is C12H20F2N4O2. The zero-order chi connectivity index (χ0) is 15.2. The summed E-state index contributed by atoms with van der Waals surface area (Å²) in [6.45, 7) is 3.26. The largest absolute Gasteiger partial charge is 0.388 e. The lowest BCUT2D eigenvalue weighted by atomic mass is 9.98. The van der Waals surface area contributed by atoms with E-state index in [0.717, 1.165) is 4.68 Å². The normalized spacial score (nSPS) is 11.7. The maximum atomic E-state index is 12.1. The predicted molar refractivity (Wildman–Crippen MR) is 70.8 cm³/mol. The molecule has 0 saturated carbocycles. The number of halogens is 2. The molecule has 6 nitrogen and oxygen atoms in total. The lowest BCUT2D eigenvalue weighted by Crippen LogP contribution is -2.43. The van der Waals surface area contributed by atoms with Crippen LogP contribution in [0.2, 0.25) is 0 Å². The van der Waals surface area contributed by atoms with Crippen molar-refractivity contribution in [2.75, 3.05) is 11.9 Å². The number of carbonyl (C=O) groups excluding carboxylic acids is 1. The Morgan fingerprint density at radius 2 is 2.15 bits per heavy atom. The highest BCUT2D eigenvalue weighted by atomic mass is 19.3. The quantitative estimate of drug-likeness (QED) is 0.716. The van der Waals surface area contributed by atoms with E-state index in [2.05, 4.69) is 15.7 Å². The number of urea groups is 1. The number of carbonyl (C=O) groups is 1. The van der Waals surface area contributed by atoms with E-state index in [1.807, 2.05) is 13.8 Å². The second-order valence-corrected chi connectivity index (χ2v) is 4.58. The van der Waals surface area contributed by atoms with Gasteiger partial charge in [0, 0.05) is 12.7 Å². The van der Waals surface area contributed by atoms with Crippen molar-refractivity contribution in [2.24, 2.45) is 0 Å². The molecule has 3 N–H and O–H groups in total. The molecule has 0 saturated heterocycles. The van der Waals surface area contributed by atoms with Crippen molar-refractivity contribution in [2.45, 2.75) is 45.3 Å². The van der Waals surface area contributed by atoms with Crippen molar-refractivity contribution >= 4 is 11.7 Å². The van der Waals surface area contributed by atoms with Crippen LogP contribution in [0.15, 0.2) is 12.4 Å². The van der Waals surface area contributed by atoms with E-state index in [0.29, 0.717) is 18.5 Å². The molecule has 0 bridgehead atoms. The molecule has 20 heavy (non-hydrogen) atoms. The van der Waals surface area contributed by atoms with Crippen molar-refractivity contribution in [1.82, 2.24) is 15.1 Å². The predicted octanol–water partition coefficient (Wildman–Crippen LogP) is 1.82. The van der Waals surface area contributed by atoms with Gasteiger partial charge in [-0.1, -0.05) is 13.8 Å². The maximum absolute atomic E-state index is 12.1. The van der Waals surface area contributed by atoms with Crippen LogP contribution >= 0.6 is 0 Å². The molecule has 2 amide bonds. The Morgan fingerprint density at radius 1 is 1.50 bits per heavy atom. The number of aliphatic hydroxyl groups is 1. The summed E-state index contributed by atoms with van der Waals surface area (Å²) >= 11 is 0. The van der Waals surface area contributed by atoms with Gasteiger partial charge in [-0.05, 0) is 12.8 Å². The lowest BCUT2D eigenvalue weighted by molar-refractivity contribution is 0.0354. The molecule has 1 aromatic heterocycles. The monoisotopic (exact) mass is 290 g/mol. The first kappa shape index (κ1) is 16.4. The summed E-state index contributed by atoms with van der Waals surface area (Å²) in [4.78, 5) is 11.6. The van der Waals surface area contributed by atoms with Crippen molar-refractivity contribution in [1.29, 1.82) is 0 Å². The highest BCUT2D eigenvalue weighted by molar-refractivity contribution is 5.88. The summed E-state index contributed by atoms with van der Waals surface area (Å²) in [5.74, 6) is 0. The number of hydrogen-bond donors (Lipinski definition) is 3. The first-order valence-corrected chi connectivity index (χ1v) is 6.46. The van der Waals surface area contributed by atoms with Gasteiger partial charge in [0.1, 0.15) is 6.54 Å². The Morgan fingerprint density at radius 3 is 2.70 bits per heavy atom. The van der Waals surface area contributed by atoms with E-state index in [-0.39, 0.29) is 6.54 Å². The van der Waals surface area contributed by atoms with Gasteiger partial charge in [-0.3, -0.25) is 4.68 Å². The first-order chi connectivity index (χ1) is 9.38. The second kappa shape index (κ2) is 7.18. The van der Waals surface area contributed by atoms with Crippen LogP contribution in [0.5, 0.6) is 0 Å². The van der Waals surface area contributed by atoms with Crippen LogP contribution in [-0.4, -0.2) is 39.5 Å². The Kier molecular flexibility index (Phi) is 5.87. The summed E-state index contributed by atoms with van der Waals surface area (Å²) in [6.07, 6.45) is 1.15. The Bertz CT molecular complexity index is 433. The van der Waals surface area contributed by atoms with Crippen LogP contribution in [0.4, 0.5) is 19.3 Å². The minimum atomic E-state index is -2.50. The van der Waals surface area contributed by atoms with Crippen molar-refractivity contribution < 1.29 is 18.7 Å². The summed E-state index contributed by atoms with van der Waals surface area (Å²) in [7, 11) is 0. The van der Waals surface area contributed by atoms with Crippen LogP contribution in [0.1, 0.15) is 26.7 Å². The molecule has 0 aliphatic heterocycles. The fourth-order valence-electron chi connectivity index (χ4n) is 1.59. The van der Waals surface area contributed by atoms with Crippen LogP contribution in [-0.2, 0) is 6.54 Å². The van der Waals surface area contributed by atoms with E-state index in [9.17, 15) is 18.7 Å². The Balaban J connectivity index is 2.44. The van der Waals surface area contributed by atoms with E-state index in [4.69, 9.17) is 0 Å². The molecule has 0 aromatic carbocycles. The summed E-state index contributed by atoms with van der Waals surface area (Å²) < 4.78 is 25.3. The minimum Gasteiger partial charge on any atom is -0.388 e. The summed E-state index contributed by atoms with van der Waals surface area (Å²) in [5.41, 5.74) is -0.614. The van der Waals surface area contributed by atoms with E-state index >= 15 is 0 Å². The van der Waals surface area contributed by atoms with Crippen LogP contribution in [0.25, 0.3) is 0 Å². The molecule has 0 aliphatic carbocycles. The topological polar surface area (TPSA) is 79.2 Å². The molecule has 0 spiro atoms. The smallest absolute Gasteiger partial charge is 0.319 e. The SMILES string of the molecule is CCC(O)(CC)CNC(=O)Nc1cnn(CC(F)F)c1. The molecule has 0 atom stereocenters. The van der Waals surface area contributed by atoms with Gasteiger partial charge in [0.25, 0.3) is 6.43 Å². The van der Waals surface area contributed by atoms with Gasteiger partial charge in [-0.2, -0.15) is 5.10 Å². The van der Waals surface area contributed by atoms with Gasteiger partial charge in [0.05, 0.1) is 17.5 Å². The molecule has 114 valence electrons. The highest BCUT2D eigenvalue weighted by Gasteiger charge is 2.22. The van der Waals surface area contributed by atoms with Gasteiger partial charge < -0.3 is 15.7 Å². The van der Waals surface area contributed by atoms with Crippen LogP contribution in [0, 0.1) is 0 Å². The third-order valence-electron chi connectivity index (χ3n) is 3.11. The van der Waals surface area contributed by atoms with E-state index < -0.39 is 24.6 Å². The third kappa shape index (κ3) is 5.12. The molecule has 0 unspecified atom stereocenters. The number of rotatable bonds is 7. The average molecular weight is 290 g/mol. The number of aromatic nitrogens is 2. The maximum Gasteiger partial charge on any atom is 0.319 e. The number of anilines is 1. The molecule has 0 fully saturated rings. The molecule has 0 aliphatic rings. The van der Waals surface area contributed by atoms with Gasteiger partial charge in [0.2, 0.25) is 0 Å². The fourth-order valence-corrected chi connectivity index (χ4v) is 1.59. The first-order valence-electron chi connectivity index (χ1n) is 6.46. The number of alkyl halides is 2. The molecule has 1 heterocycles. The lowest BCUT2D eigenvalue weighted by Gasteiger charge is -2.25. The Labute approximate surface area is 116 Å². The molecule has 1 aromatic rings. The zero-order valence-electron chi connectivity index (χ0n) is 11.6. The molecule has 8 heteroatoms. The molecule has 0 radical (unpaired) electrons. The van der Waals surface area contributed by atoms with E-state index in [1.54, 1.807) is 0 Å². The second-order valence-electron chi connectivity index (χ2n) is 4.58. The Hall–Kier alpha value is -1.70. The number of amides is 2. The van der Waals surface area contributed by atoms with Gasteiger partial charge in [-0.25, -0.2) is 13.6 Å². The van der Waals surface area contributed by atoms with Crippen molar-refractivity contribution in [3.63, 3.8) is 0 Å². The molecule has 1 rings (SSSR count). The van der Waals surface area contributed by atoms with Crippen LogP contribution in [0.3, 0.4) is 0 Å². The van der Waals surface area contributed by atoms with Gasteiger partial charge >= 0.3 is 6.03 Å². The number of hydrogen-bond acceptors (Lipinski definition) is 3. The molecular weight excluding hydrogens is 270 g/mol. The fraction of sp³-hybridized carbons (Fsp3) is 0.667. The zero-order valence-corrected chi connectivity index (χ0v) is 11.6. The third-order valence-corrected chi connectivity index (χ3v) is 3.11. The average Bonchev–Trinajstić information content (AvgIpc) is 2.82.